The molecular weight excluding hydrogens is 887 g/mol. The SMILES string of the molecule is CN[C@@H](C)C(=O)N[C@H](C(=O)N1C[C@@H](c2ccc3c(c2)CN(C(=O)[C@@H](NC(=O)[C@H](C)NC)C(C)(C)C)[C@H](C(=O)N[C@@H]2CCCc4ccccc42)C3)C[C@H]1C(=O)N[C@@H](Cc1ccccc1)C(N)=O)C(C)(C)C. The Morgan fingerprint density at radius 2 is 1.27 bits per heavy atom. The average molecular weight is 962 g/mol. The number of carbonyl (C=O) groups excluding carboxylic acids is 7. The highest BCUT2D eigenvalue weighted by Gasteiger charge is 2.47. The van der Waals surface area contributed by atoms with Crippen LogP contribution in [0, 0.1) is 10.8 Å². The minimum absolute atomic E-state index is 0.0617. The number of rotatable bonds is 16. The van der Waals surface area contributed by atoms with Crippen molar-refractivity contribution in [3.8, 4) is 0 Å². The van der Waals surface area contributed by atoms with Crippen LogP contribution < -0.4 is 37.6 Å². The van der Waals surface area contributed by atoms with Crippen molar-refractivity contribution in [2.75, 3.05) is 20.6 Å². The first-order valence-corrected chi connectivity index (χ1v) is 24.7. The van der Waals surface area contributed by atoms with Gasteiger partial charge in [0.2, 0.25) is 41.4 Å². The van der Waals surface area contributed by atoms with E-state index in [2.05, 4.69) is 38.0 Å². The first-order valence-electron chi connectivity index (χ1n) is 24.7. The van der Waals surface area contributed by atoms with Gasteiger partial charge < -0.3 is 47.4 Å². The van der Waals surface area contributed by atoms with E-state index in [4.69, 9.17) is 5.73 Å². The maximum absolute atomic E-state index is 15.1. The van der Waals surface area contributed by atoms with E-state index in [1.54, 1.807) is 32.8 Å². The Bertz CT molecular complexity index is 2410. The lowest BCUT2D eigenvalue weighted by Gasteiger charge is -2.42. The van der Waals surface area contributed by atoms with E-state index in [1.165, 1.54) is 10.5 Å². The molecule has 2 heterocycles. The van der Waals surface area contributed by atoms with Gasteiger partial charge in [-0.05, 0) is 97.8 Å². The van der Waals surface area contributed by atoms with E-state index in [0.717, 1.165) is 47.1 Å². The largest absolute Gasteiger partial charge is 0.368 e. The highest BCUT2D eigenvalue weighted by atomic mass is 16.2. The fourth-order valence-electron chi connectivity index (χ4n) is 9.83. The lowest BCUT2D eigenvalue weighted by Crippen LogP contribution is -2.62. The Balaban J connectivity index is 1.36. The lowest BCUT2D eigenvalue weighted by atomic mass is 9.83. The summed E-state index contributed by atoms with van der Waals surface area (Å²) in [6, 6.07) is 16.8. The van der Waals surface area contributed by atoms with Crippen molar-refractivity contribution in [1.29, 1.82) is 0 Å². The molecule has 0 saturated carbocycles. The third kappa shape index (κ3) is 12.4. The molecule has 1 fully saturated rings. The number of nitrogens with one attached hydrogen (secondary N) is 6. The van der Waals surface area contributed by atoms with E-state index < -0.39 is 70.8 Å². The van der Waals surface area contributed by atoms with Crippen LogP contribution in [0.15, 0.2) is 72.8 Å². The first kappa shape index (κ1) is 53.2. The molecule has 1 saturated heterocycles. The summed E-state index contributed by atoms with van der Waals surface area (Å²) in [5, 5.41) is 17.9. The molecule has 0 radical (unpaired) electrons. The summed E-state index contributed by atoms with van der Waals surface area (Å²) in [6.07, 6.45) is 3.15. The van der Waals surface area contributed by atoms with Gasteiger partial charge in [-0.15, -0.1) is 0 Å². The summed E-state index contributed by atoms with van der Waals surface area (Å²) in [5.41, 5.74) is 9.90. The van der Waals surface area contributed by atoms with Gasteiger partial charge in [0.05, 0.1) is 18.1 Å². The molecule has 16 nitrogen and oxygen atoms in total. The molecule has 2 aliphatic heterocycles. The number of hydrogen-bond acceptors (Lipinski definition) is 9. The maximum atomic E-state index is 15.1. The van der Waals surface area contributed by atoms with Gasteiger partial charge >= 0.3 is 0 Å². The third-order valence-corrected chi connectivity index (χ3v) is 14.4. The zero-order valence-corrected chi connectivity index (χ0v) is 42.6. The standard InChI is InChI=1S/C54H75N9O7/c1-31(56-9)47(65)60-44(53(3,4)5)51(69)62-29-37-26-35(23-24-36(37)27-42(62)49(67)58-40-22-16-20-34-19-14-15-21-39(34)40)38-28-43(50(68)59-41(46(55)64)25-33-17-12-11-13-18-33)63(30-38)52(70)45(54(6,7)8)61-48(66)32(2)57-10/h11-15,17-19,21,23-24,26,31-32,38,40-45,56-57H,16,20,22,25,27-30H2,1-10H3,(H2,55,64)(H,58,67)(H,59,68)(H,60,65)(H,61,66)/t31-,32-,38-,40+,41-,42-,43-,44+,45+/m0/s1. The van der Waals surface area contributed by atoms with Crippen LogP contribution in [0.3, 0.4) is 0 Å². The zero-order chi connectivity index (χ0) is 51.2. The van der Waals surface area contributed by atoms with E-state index in [9.17, 15) is 28.8 Å². The Hall–Kier alpha value is -6.13. The molecule has 0 aromatic heterocycles. The second-order valence-electron chi connectivity index (χ2n) is 21.6. The molecule has 6 rings (SSSR count). The number of aryl methyl sites for hydroxylation is 1. The molecule has 8 N–H and O–H groups in total. The molecule has 16 heteroatoms. The van der Waals surface area contributed by atoms with Gasteiger partial charge in [0.1, 0.15) is 30.2 Å². The Kier molecular flexibility index (Phi) is 17.0. The summed E-state index contributed by atoms with van der Waals surface area (Å²) in [7, 11) is 3.32. The molecule has 1 aliphatic carbocycles. The Morgan fingerprint density at radius 1 is 0.686 bits per heavy atom. The second kappa shape index (κ2) is 22.3. The summed E-state index contributed by atoms with van der Waals surface area (Å²) in [6.45, 7) is 14.8. The minimum atomic E-state index is -1.06. The summed E-state index contributed by atoms with van der Waals surface area (Å²) in [4.78, 5) is 102. The molecular formula is C54H75N9O7. The molecule has 378 valence electrons. The van der Waals surface area contributed by atoms with Crippen LogP contribution in [0.5, 0.6) is 0 Å². The topological polar surface area (TPSA) is 224 Å². The van der Waals surface area contributed by atoms with E-state index in [0.29, 0.717) is 0 Å². The van der Waals surface area contributed by atoms with Gasteiger partial charge in [-0.25, -0.2) is 0 Å². The molecule has 3 aromatic carbocycles. The summed E-state index contributed by atoms with van der Waals surface area (Å²) < 4.78 is 0. The van der Waals surface area contributed by atoms with Crippen LogP contribution in [0.25, 0.3) is 0 Å². The maximum Gasteiger partial charge on any atom is 0.246 e. The second-order valence-corrected chi connectivity index (χ2v) is 21.6. The molecule has 3 aliphatic rings. The van der Waals surface area contributed by atoms with Crippen LogP contribution in [0.4, 0.5) is 0 Å². The molecule has 0 unspecified atom stereocenters. The van der Waals surface area contributed by atoms with Crippen LogP contribution in [0.2, 0.25) is 0 Å². The van der Waals surface area contributed by atoms with E-state index in [-0.39, 0.29) is 67.9 Å². The number of likely N-dealkylation sites (tertiary alicyclic amines) is 1. The van der Waals surface area contributed by atoms with E-state index in [1.807, 2.05) is 108 Å². The average Bonchev–Trinajstić information content (AvgIpc) is 3.78. The van der Waals surface area contributed by atoms with Gasteiger partial charge in [0.15, 0.2) is 0 Å². The van der Waals surface area contributed by atoms with Gasteiger partial charge in [0, 0.05) is 31.8 Å². The van der Waals surface area contributed by atoms with Gasteiger partial charge in [-0.1, -0.05) is 114 Å². The number of fused-ring (bicyclic) bond motifs is 2. The monoisotopic (exact) mass is 962 g/mol. The van der Waals surface area contributed by atoms with Crippen molar-refractivity contribution in [3.63, 3.8) is 0 Å². The van der Waals surface area contributed by atoms with Gasteiger partial charge in [-0.3, -0.25) is 33.6 Å². The molecule has 3 aromatic rings. The van der Waals surface area contributed by atoms with Crippen molar-refractivity contribution < 1.29 is 33.6 Å². The Morgan fingerprint density at radius 3 is 1.86 bits per heavy atom. The number of nitrogens with two attached hydrogens (primary N) is 1. The molecule has 0 spiro atoms. The smallest absolute Gasteiger partial charge is 0.246 e. The highest BCUT2D eigenvalue weighted by molar-refractivity contribution is 5.96. The fourth-order valence-corrected chi connectivity index (χ4v) is 9.83. The molecule has 70 heavy (non-hydrogen) atoms. The number of benzene rings is 3. The third-order valence-electron chi connectivity index (χ3n) is 14.4. The summed E-state index contributed by atoms with van der Waals surface area (Å²) >= 11 is 0. The highest BCUT2D eigenvalue weighted by Crippen LogP contribution is 2.38. The van der Waals surface area contributed by atoms with Crippen molar-refractivity contribution in [1.82, 2.24) is 41.7 Å². The summed E-state index contributed by atoms with van der Waals surface area (Å²) in [5.74, 6) is -3.50. The van der Waals surface area contributed by atoms with Crippen molar-refractivity contribution in [3.05, 3.63) is 106 Å². The fraction of sp³-hybridized carbons (Fsp3) is 0.537. The van der Waals surface area contributed by atoms with Gasteiger partial charge in [0.25, 0.3) is 0 Å². The first-order chi connectivity index (χ1) is 33.0. The number of nitrogens with zero attached hydrogens (tertiary/aromatic N) is 2. The number of primary amides is 1. The zero-order valence-electron chi connectivity index (χ0n) is 42.6. The van der Waals surface area contributed by atoms with E-state index >= 15 is 4.79 Å². The predicted molar refractivity (Wildman–Crippen MR) is 269 cm³/mol. The van der Waals surface area contributed by atoms with Crippen LogP contribution >= 0.6 is 0 Å². The lowest BCUT2D eigenvalue weighted by molar-refractivity contribution is -0.147. The van der Waals surface area contributed by atoms with Gasteiger partial charge in [-0.2, -0.15) is 0 Å². The van der Waals surface area contributed by atoms with Crippen LogP contribution in [-0.4, -0.2) is 114 Å². The van der Waals surface area contributed by atoms with Crippen molar-refractivity contribution >= 4 is 41.4 Å². The van der Waals surface area contributed by atoms with Crippen molar-refractivity contribution in [2.24, 2.45) is 16.6 Å². The number of amides is 7. The minimum Gasteiger partial charge on any atom is -0.368 e. The normalized spacial score (nSPS) is 21.2. The van der Waals surface area contributed by atoms with Crippen LogP contribution in [0.1, 0.15) is 120 Å². The van der Waals surface area contributed by atoms with Crippen LogP contribution in [-0.2, 0) is 59.4 Å². The Labute approximate surface area is 413 Å². The molecule has 0 bridgehead atoms. The number of carbonyl (C=O) groups is 7. The molecule has 9 atom stereocenters. The number of likely N-dealkylation sites (N-methyl/N-ethyl adjacent to an activating group) is 2. The predicted octanol–water partition coefficient (Wildman–Crippen LogP) is 3.31. The molecule has 7 amide bonds. The van der Waals surface area contributed by atoms with Crippen molar-refractivity contribution in [2.45, 2.75) is 155 Å². The number of hydrogen-bond donors (Lipinski definition) is 7. The quantitative estimate of drug-likeness (QED) is 0.112.